The summed E-state index contributed by atoms with van der Waals surface area (Å²) >= 11 is 0. The average Bonchev–Trinajstić information content (AvgIpc) is 2.38. The van der Waals surface area contributed by atoms with Crippen LogP contribution in [0.25, 0.3) is 5.57 Å². The minimum atomic E-state index is 0.205. The fraction of sp³-hybridized carbons (Fsp3) is 0. The van der Waals surface area contributed by atoms with Crippen LogP contribution < -0.4 is 0 Å². The van der Waals surface area contributed by atoms with Gasteiger partial charge in [-0.2, -0.15) is 0 Å². The SMILES string of the molecule is O=[C]C=C(c1ccccc1)c1ccc(O)cc1. The lowest BCUT2D eigenvalue weighted by molar-refractivity contribution is 0.475. The third-order valence-electron chi connectivity index (χ3n) is 2.47. The molecule has 0 aliphatic carbocycles. The van der Waals surface area contributed by atoms with E-state index in [4.69, 9.17) is 0 Å². The Balaban J connectivity index is 2.47. The first-order chi connectivity index (χ1) is 8.31. The van der Waals surface area contributed by atoms with Gasteiger partial charge in [-0.1, -0.05) is 42.5 Å². The molecule has 0 heterocycles. The molecule has 2 rings (SSSR count). The molecule has 0 aliphatic heterocycles. The van der Waals surface area contributed by atoms with Crippen molar-refractivity contribution >= 4 is 11.9 Å². The molecule has 17 heavy (non-hydrogen) atoms. The Morgan fingerprint density at radius 3 is 2.12 bits per heavy atom. The quantitative estimate of drug-likeness (QED) is 0.812. The Bertz CT molecular complexity index is 525. The predicted octanol–water partition coefficient (Wildman–Crippen LogP) is 2.93. The number of aromatic hydroxyl groups is 1. The molecular weight excluding hydrogens is 212 g/mol. The summed E-state index contributed by atoms with van der Waals surface area (Å²) in [4.78, 5) is 10.6. The van der Waals surface area contributed by atoms with Crippen molar-refractivity contribution in [2.45, 2.75) is 0 Å². The largest absolute Gasteiger partial charge is 0.508 e. The fourth-order valence-corrected chi connectivity index (χ4v) is 1.65. The van der Waals surface area contributed by atoms with Gasteiger partial charge in [0.25, 0.3) is 0 Å². The number of hydrogen-bond donors (Lipinski definition) is 1. The highest BCUT2D eigenvalue weighted by molar-refractivity contribution is 5.89. The van der Waals surface area contributed by atoms with E-state index >= 15 is 0 Å². The maximum atomic E-state index is 10.6. The van der Waals surface area contributed by atoms with Gasteiger partial charge in [-0.05, 0) is 34.9 Å². The number of hydrogen-bond acceptors (Lipinski definition) is 2. The summed E-state index contributed by atoms with van der Waals surface area (Å²) in [5, 5.41) is 9.24. The molecule has 2 heteroatoms. The molecule has 2 nitrogen and oxygen atoms in total. The van der Waals surface area contributed by atoms with E-state index in [0.29, 0.717) is 0 Å². The maximum absolute atomic E-state index is 10.6. The molecule has 0 amide bonds. The van der Waals surface area contributed by atoms with Crippen molar-refractivity contribution < 1.29 is 9.90 Å². The second-order valence-corrected chi connectivity index (χ2v) is 3.59. The van der Waals surface area contributed by atoms with Crippen LogP contribution in [0.5, 0.6) is 5.75 Å². The van der Waals surface area contributed by atoms with E-state index in [1.165, 1.54) is 6.08 Å². The summed E-state index contributed by atoms with van der Waals surface area (Å²) in [5.41, 5.74) is 2.61. The molecule has 0 aliphatic rings. The lowest BCUT2D eigenvalue weighted by Gasteiger charge is -2.07. The third kappa shape index (κ3) is 2.61. The second-order valence-electron chi connectivity index (χ2n) is 3.59. The lowest BCUT2D eigenvalue weighted by Crippen LogP contribution is -1.88. The summed E-state index contributed by atoms with van der Waals surface area (Å²) in [5.74, 6) is 0.205. The van der Waals surface area contributed by atoms with E-state index < -0.39 is 0 Å². The van der Waals surface area contributed by atoms with Crippen LogP contribution in [0.3, 0.4) is 0 Å². The van der Waals surface area contributed by atoms with Gasteiger partial charge in [0.1, 0.15) is 5.75 Å². The molecule has 0 saturated carbocycles. The number of phenolic OH excluding ortho intramolecular Hbond substituents is 1. The van der Waals surface area contributed by atoms with Gasteiger partial charge in [-0.3, -0.25) is 4.79 Å². The fourth-order valence-electron chi connectivity index (χ4n) is 1.65. The van der Waals surface area contributed by atoms with Gasteiger partial charge >= 0.3 is 0 Å². The molecule has 0 saturated heterocycles. The van der Waals surface area contributed by atoms with Gasteiger partial charge in [0.05, 0.1) is 0 Å². The molecule has 2 aromatic carbocycles. The van der Waals surface area contributed by atoms with Gasteiger partial charge < -0.3 is 5.11 Å². The number of rotatable bonds is 3. The molecule has 0 bridgehead atoms. The van der Waals surface area contributed by atoms with E-state index in [-0.39, 0.29) is 5.75 Å². The Hall–Kier alpha value is -2.35. The van der Waals surface area contributed by atoms with Crippen LogP contribution in [0.2, 0.25) is 0 Å². The van der Waals surface area contributed by atoms with Crippen LogP contribution in [-0.4, -0.2) is 11.4 Å². The number of carbonyl (C=O) groups excluding carboxylic acids is 1. The highest BCUT2D eigenvalue weighted by Crippen LogP contribution is 2.24. The van der Waals surface area contributed by atoms with E-state index in [0.717, 1.165) is 16.7 Å². The first kappa shape index (κ1) is 11.1. The lowest BCUT2D eigenvalue weighted by atomic mass is 9.98. The predicted molar refractivity (Wildman–Crippen MR) is 67.3 cm³/mol. The van der Waals surface area contributed by atoms with Gasteiger partial charge in [-0.15, -0.1) is 0 Å². The monoisotopic (exact) mass is 223 g/mol. The van der Waals surface area contributed by atoms with Crippen molar-refractivity contribution in [3.05, 3.63) is 71.8 Å². The zero-order valence-electron chi connectivity index (χ0n) is 9.13. The summed E-state index contributed by atoms with van der Waals surface area (Å²) in [6.07, 6.45) is 3.21. The summed E-state index contributed by atoms with van der Waals surface area (Å²) < 4.78 is 0. The molecule has 0 fully saturated rings. The van der Waals surface area contributed by atoms with Crippen molar-refractivity contribution in [1.82, 2.24) is 0 Å². The zero-order valence-corrected chi connectivity index (χ0v) is 9.13. The standard InChI is InChI=1S/C15H11O2/c16-11-10-15(12-4-2-1-3-5-12)13-6-8-14(17)9-7-13/h1-10,17H. The molecule has 0 aromatic heterocycles. The third-order valence-corrected chi connectivity index (χ3v) is 2.47. The first-order valence-electron chi connectivity index (χ1n) is 5.24. The van der Waals surface area contributed by atoms with E-state index in [2.05, 4.69) is 0 Å². The Labute approximate surface area is 99.8 Å². The smallest absolute Gasteiger partial charge is 0.226 e. The zero-order chi connectivity index (χ0) is 12.1. The van der Waals surface area contributed by atoms with Crippen LogP contribution in [0.4, 0.5) is 0 Å². The average molecular weight is 223 g/mol. The van der Waals surface area contributed by atoms with Gasteiger partial charge in [0, 0.05) is 0 Å². The van der Waals surface area contributed by atoms with Crippen LogP contribution in [0.1, 0.15) is 11.1 Å². The van der Waals surface area contributed by atoms with Crippen molar-refractivity contribution in [2.75, 3.05) is 0 Å². The summed E-state index contributed by atoms with van der Waals surface area (Å²) in [6, 6.07) is 16.3. The van der Waals surface area contributed by atoms with Crippen molar-refractivity contribution in [3.63, 3.8) is 0 Å². The van der Waals surface area contributed by atoms with Crippen LogP contribution in [0.15, 0.2) is 60.7 Å². The number of allylic oxidation sites excluding steroid dienone is 1. The van der Waals surface area contributed by atoms with E-state index in [1.807, 2.05) is 30.3 Å². The summed E-state index contributed by atoms with van der Waals surface area (Å²) in [6.45, 7) is 0. The molecule has 1 N–H and O–H groups in total. The topological polar surface area (TPSA) is 37.3 Å². The van der Waals surface area contributed by atoms with Crippen molar-refractivity contribution in [3.8, 4) is 5.75 Å². The van der Waals surface area contributed by atoms with Crippen molar-refractivity contribution in [1.29, 1.82) is 0 Å². The van der Waals surface area contributed by atoms with Crippen LogP contribution in [-0.2, 0) is 4.79 Å². The second kappa shape index (κ2) is 5.12. The van der Waals surface area contributed by atoms with E-state index in [9.17, 15) is 9.90 Å². The van der Waals surface area contributed by atoms with E-state index in [1.54, 1.807) is 30.6 Å². The molecule has 1 radical (unpaired) electrons. The van der Waals surface area contributed by atoms with Gasteiger partial charge in [0.15, 0.2) is 0 Å². The highest BCUT2D eigenvalue weighted by atomic mass is 16.3. The normalized spacial score (nSPS) is 11.2. The van der Waals surface area contributed by atoms with Gasteiger partial charge in [0.2, 0.25) is 6.29 Å². The minimum Gasteiger partial charge on any atom is -0.508 e. The summed E-state index contributed by atoms with van der Waals surface area (Å²) in [7, 11) is 0. The van der Waals surface area contributed by atoms with Crippen LogP contribution in [0, 0.1) is 0 Å². The maximum Gasteiger partial charge on any atom is 0.226 e. The highest BCUT2D eigenvalue weighted by Gasteiger charge is 2.04. The Morgan fingerprint density at radius 1 is 0.941 bits per heavy atom. The molecular formula is C15H11O2. The van der Waals surface area contributed by atoms with Crippen LogP contribution >= 0.6 is 0 Å². The number of phenols is 1. The minimum absolute atomic E-state index is 0.205. The Morgan fingerprint density at radius 2 is 1.53 bits per heavy atom. The molecule has 0 unspecified atom stereocenters. The van der Waals surface area contributed by atoms with Crippen molar-refractivity contribution in [2.24, 2.45) is 0 Å². The Kier molecular flexibility index (Phi) is 3.36. The first-order valence-corrected chi connectivity index (χ1v) is 5.24. The number of benzene rings is 2. The molecule has 0 atom stereocenters. The molecule has 0 spiro atoms. The molecule has 83 valence electrons. The molecule has 2 aromatic rings. The van der Waals surface area contributed by atoms with Gasteiger partial charge in [-0.25, -0.2) is 0 Å².